The zero-order chi connectivity index (χ0) is 20.3. The molecule has 29 heavy (non-hydrogen) atoms. The van der Waals surface area contributed by atoms with Crippen LogP contribution in [0.25, 0.3) is 0 Å². The van der Waals surface area contributed by atoms with Gasteiger partial charge in [0.15, 0.2) is 0 Å². The molecule has 0 radical (unpaired) electrons. The van der Waals surface area contributed by atoms with Crippen molar-refractivity contribution in [3.8, 4) is 0 Å². The van der Waals surface area contributed by atoms with Crippen molar-refractivity contribution in [1.29, 1.82) is 0 Å². The quantitative estimate of drug-likeness (QED) is 0.614. The average molecular weight is 427 g/mol. The van der Waals surface area contributed by atoms with Crippen LogP contribution in [0.15, 0.2) is 65.4 Å². The molecule has 1 aliphatic rings. The number of sulfonamides is 1. The number of fused-ring (bicyclic) bond motifs is 1. The predicted molar refractivity (Wildman–Crippen MR) is 119 cm³/mol. The molecule has 4 nitrogen and oxygen atoms in total. The molecule has 4 rings (SSSR count). The highest BCUT2D eigenvalue weighted by atomic mass is 32.2. The lowest BCUT2D eigenvalue weighted by atomic mass is 9.97. The zero-order valence-electron chi connectivity index (χ0n) is 16.5. The first-order valence-electron chi connectivity index (χ1n) is 9.86. The van der Waals surface area contributed by atoms with Crippen molar-refractivity contribution in [3.63, 3.8) is 0 Å². The Morgan fingerprint density at radius 1 is 1.07 bits per heavy atom. The Morgan fingerprint density at radius 2 is 1.83 bits per heavy atom. The Labute approximate surface area is 177 Å². The summed E-state index contributed by atoms with van der Waals surface area (Å²) in [7, 11) is -3.42. The lowest BCUT2D eigenvalue weighted by molar-refractivity contribution is 0.180. The van der Waals surface area contributed by atoms with Crippen molar-refractivity contribution in [2.75, 3.05) is 13.1 Å². The molecule has 0 amide bonds. The first-order valence-corrected chi connectivity index (χ1v) is 12.5. The third-order valence-corrected chi connectivity index (χ3v) is 7.63. The maximum atomic E-state index is 12.8. The van der Waals surface area contributed by atoms with Crippen LogP contribution in [0.4, 0.5) is 0 Å². The Bertz CT molecular complexity index is 1060. The Morgan fingerprint density at radius 3 is 2.59 bits per heavy atom. The van der Waals surface area contributed by atoms with Crippen molar-refractivity contribution in [3.05, 3.63) is 93.2 Å². The molecule has 2 aromatic carbocycles. The standard InChI is InChI=1S/C23H26N2O2S2/c1-18-6-2-3-9-22(18)17-29(26,27)24-14-23(21-11-13-28-16-21)25-12-10-19-7-4-5-8-20(19)15-25/h2-9,11,13,16,23-24H,10,12,14-15,17H2,1H3. The van der Waals surface area contributed by atoms with Crippen molar-refractivity contribution in [1.82, 2.24) is 9.62 Å². The number of nitrogens with one attached hydrogen (secondary N) is 1. The van der Waals surface area contributed by atoms with Crippen LogP contribution in [0.2, 0.25) is 0 Å². The van der Waals surface area contributed by atoms with Crippen molar-refractivity contribution in [2.45, 2.75) is 31.7 Å². The van der Waals surface area contributed by atoms with E-state index in [-0.39, 0.29) is 11.8 Å². The Kier molecular flexibility index (Phi) is 6.15. The van der Waals surface area contributed by atoms with Gasteiger partial charge in [-0.1, -0.05) is 48.5 Å². The van der Waals surface area contributed by atoms with E-state index in [2.05, 4.69) is 50.7 Å². The lowest BCUT2D eigenvalue weighted by Gasteiger charge is -2.35. The van der Waals surface area contributed by atoms with Gasteiger partial charge in [-0.15, -0.1) is 0 Å². The minimum Gasteiger partial charge on any atom is -0.290 e. The van der Waals surface area contributed by atoms with Gasteiger partial charge >= 0.3 is 0 Å². The van der Waals surface area contributed by atoms with E-state index in [0.717, 1.165) is 30.6 Å². The Hall–Kier alpha value is -1.99. The summed E-state index contributed by atoms with van der Waals surface area (Å²) in [5.74, 6) is 0.0128. The molecule has 1 aromatic heterocycles. The molecule has 2 heterocycles. The largest absolute Gasteiger partial charge is 0.290 e. The van der Waals surface area contributed by atoms with Gasteiger partial charge in [0.05, 0.1) is 5.75 Å². The van der Waals surface area contributed by atoms with Gasteiger partial charge in [-0.2, -0.15) is 11.3 Å². The van der Waals surface area contributed by atoms with Crippen LogP contribution in [-0.4, -0.2) is 26.4 Å². The van der Waals surface area contributed by atoms with E-state index in [1.165, 1.54) is 16.7 Å². The highest BCUT2D eigenvalue weighted by Crippen LogP contribution is 2.29. The fourth-order valence-corrected chi connectivity index (χ4v) is 5.89. The topological polar surface area (TPSA) is 49.4 Å². The summed E-state index contributed by atoms with van der Waals surface area (Å²) in [6.45, 7) is 4.10. The monoisotopic (exact) mass is 426 g/mol. The molecule has 0 fully saturated rings. The van der Waals surface area contributed by atoms with Crippen LogP contribution in [0, 0.1) is 6.92 Å². The number of benzene rings is 2. The van der Waals surface area contributed by atoms with Gasteiger partial charge in [0.25, 0.3) is 0 Å². The molecular formula is C23H26N2O2S2. The molecule has 0 bridgehead atoms. The number of thiophene rings is 1. The molecule has 1 aliphatic heterocycles. The summed E-state index contributed by atoms with van der Waals surface area (Å²) in [5, 5.41) is 4.18. The first-order chi connectivity index (χ1) is 14.0. The number of hydrogen-bond acceptors (Lipinski definition) is 4. The van der Waals surface area contributed by atoms with Gasteiger partial charge in [-0.05, 0) is 58.0 Å². The molecule has 1 unspecified atom stereocenters. The van der Waals surface area contributed by atoms with Crippen LogP contribution in [0.5, 0.6) is 0 Å². The molecule has 1 atom stereocenters. The summed E-state index contributed by atoms with van der Waals surface area (Å²) in [4.78, 5) is 2.39. The van der Waals surface area contributed by atoms with E-state index < -0.39 is 10.0 Å². The number of rotatable bonds is 7. The third-order valence-electron chi connectivity index (χ3n) is 5.63. The molecule has 1 N–H and O–H groups in total. The van der Waals surface area contributed by atoms with E-state index in [1.807, 2.05) is 31.2 Å². The van der Waals surface area contributed by atoms with E-state index in [1.54, 1.807) is 11.3 Å². The highest BCUT2D eigenvalue weighted by molar-refractivity contribution is 7.88. The van der Waals surface area contributed by atoms with Crippen LogP contribution in [0.1, 0.15) is 33.9 Å². The molecule has 152 valence electrons. The Balaban J connectivity index is 1.49. The van der Waals surface area contributed by atoms with Gasteiger partial charge in [0.2, 0.25) is 10.0 Å². The van der Waals surface area contributed by atoms with E-state index in [4.69, 9.17) is 0 Å². The van der Waals surface area contributed by atoms with Crippen molar-refractivity contribution >= 4 is 21.4 Å². The number of aryl methyl sites for hydroxylation is 1. The van der Waals surface area contributed by atoms with Crippen LogP contribution >= 0.6 is 11.3 Å². The van der Waals surface area contributed by atoms with Crippen LogP contribution in [0.3, 0.4) is 0 Å². The molecule has 3 aromatic rings. The predicted octanol–water partition coefficient (Wildman–Crippen LogP) is 4.28. The molecule has 6 heteroatoms. The van der Waals surface area contributed by atoms with Gasteiger partial charge in [-0.25, -0.2) is 13.1 Å². The second kappa shape index (κ2) is 8.79. The van der Waals surface area contributed by atoms with Gasteiger partial charge in [0.1, 0.15) is 0 Å². The fraction of sp³-hybridized carbons (Fsp3) is 0.304. The number of hydrogen-bond donors (Lipinski definition) is 1. The number of nitrogens with zero attached hydrogens (tertiary/aromatic N) is 1. The van der Waals surface area contributed by atoms with E-state index >= 15 is 0 Å². The van der Waals surface area contributed by atoms with Crippen molar-refractivity contribution in [2.24, 2.45) is 0 Å². The van der Waals surface area contributed by atoms with Crippen LogP contribution in [-0.2, 0) is 28.7 Å². The molecule has 0 saturated carbocycles. The molecule has 0 spiro atoms. The third kappa shape index (κ3) is 4.95. The maximum absolute atomic E-state index is 12.8. The molecule has 0 saturated heterocycles. The maximum Gasteiger partial charge on any atom is 0.215 e. The summed E-state index contributed by atoms with van der Waals surface area (Å²) in [5.41, 5.74) is 5.75. The summed E-state index contributed by atoms with van der Waals surface area (Å²) >= 11 is 1.65. The van der Waals surface area contributed by atoms with E-state index in [9.17, 15) is 8.42 Å². The van der Waals surface area contributed by atoms with Gasteiger partial charge in [-0.3, -0.25) is 4.90 Å². The summed E-state index contributed by atoms with van der Waals surface area (Å²) in [6.07, 6.45) is 0.993. The van der Waals surface area contributed by atoms with Gasteiger partial charge < -0.3 is 0 Å². The summed E-state index contributed by atoms with van der Waals surface area (Å²) in [6, 6.07) is 18.3. The van der Waals surface area contributed by atoms with E-state index in [0.29, 0.717) is 6.54 Å². The normalized spacial score (nSPS) is 15.8. The highest BCUT2D eigenvalue weighted by Gasteiger charge is 2.26. The zero-order valence-corrected chi connectivity index (χ0v) is 18.2. The first kappa shape index (κ1) is 20.3. The second-order valence-corrected chi connectivity index (χ2v) is 10.2. The SMILES string of the molecule is Cc1ccccc1CS(=O)(=O)NCC(c1ccsc1)N1CCc2ccccc2C1. The lowest BCUT2D eigenvalue weighted by Crippen LogP contribution is -2.40. The summed E-state index contributed by atoms with van der Waals surface area (Å²) < 4.78 is 28.4. The smallest absolute Gasteiger partial charge is 0.215 e. The molecular weight excluding hydrogens is 400 g/mol. The average Bonchev–Trinajstić information content (AvgIpc) is 3.24. The second-order valence-electron chi connectivity index (χ2n) is 7.60. The minimum atomic E-state index is -3.42. The fourth-order valence-electron chi connectivity index (χ4n) is 3.94. The minimum absolute atomic E-state index is 0.0128. The van der Waals surface area contributed by atoms with Crippen LogP contribution < -0.4 is 4.72 Å². The molecule has 0 aliphatic carbocycles. The van der Waals surface area contributed by atoms with Gasteiger partial charge in [0, 0.05) is 25.7 Å². The van der Waals surface area contributed by atoms with Crippen molar-refractivity contribution < 1.29 is 8.42 Å².